The predicted octanol–water partition coefficient (Wildman–Crippen LogP) is -1.02. The first-order chi connectivity index (χ1) is 2.27. The molecule has 0 spiro atoms. The molecule has 1 nitrogen and oxygen atoms in total. The van der Waals surface area contributed by atoms with Crippen molar-refractivity contribution in [3.8, 4) is 0 Å². The molecule has 5 heavy (non-hydrogen) atoms. The molecule has 0 aliphatic carbocycles. The van der Waals surface area contributed by atoms with Gasteiger partial charge in [0.25, 0.3) is 0 Å². The molecule has 0 radical (unpaired) electrons. The fraction of sp³-hybridized carbons (Fsp3) is 1.00. The van der Waals surface area contributed by atoms with Crippen molar-refractivity contribution in [2.24, 2.45) is 0 Å². The van der Waals surface area contributed by atoms with Crippen LogP contribution < -0.4 is 0 Å². The Morgan fingerprint density at radius 1 is 1.60 bits per heavy atom. The molecule has 32 valence electrons. The van der Waals surface area contributed by atoms with Gasteiger partial charge in [0.1, 0.15) is 0 Å². The van der Waals surface area contributed by atoms with Crippen LogP contribution in [0.25, 0.3) is 0 Å². The average molecular weight is 203 g/mol. The summed E-state index contributed by atoms with van der Waals surface area (Å²) in [6.45, 7) is 0. The zero-order valence-electron chi connectivity index (χ0n) is 3.30. The molecule has 0 bridgehead atoms. The average Bonchev–Trinajstić information content (AvgIpc) is 1.38. The van der Waals surface area contributed by atoms with Crippen LogP contribution in [0.4, 0.5) is 0 Å². The van der Waals surface area contributed by atoms with E-state index in [-0.39, 0.29) is 0 Å². The normalized spacial score (nSPS) is 9.60. The zero-order valence-corrected chi connectivity index (χ0v) is 6.89. The molecule has 0 fully saturated rings. The van der Waals surface area contributed by atoms with Gasteiger partial charge in [0.05, 0.1) is 0 Å². The summed E-state index contributed by atoms with van der Waals surface area (Å²) >= 11 is 3.20. The molecule has 0 heterocycles. The first-order valence-electron chi connectivity index (χ1n) is 1.26. The molecule has 3 heteroatoms. The van der Waals surface area contributed by atoms with Crippen molar-refractivity contribution in [3.63, 3.8) is 0 Å². The van der Waals surface area contributed by atoms with Crippen LogP contribution in [0, 0.1) is 0 Å². The topological polar surface area (TPSA) is 3.24 Å². The van der Waals surface area contributed by atoms with Gasteiger partial charge < -0.3 is 0 Å². The summed E-state index contributed by atoms with van der Waals surface area (Å²) < 4.78 is 2.16. The zero-order chi connectivity index (χ0) is 4.28. The van der Waals surface area contributed by atoms with Gasteiger partial charge in [-0.25, -0.2) is 0 Å². The Bertz CT molecular complexity index is 21.6. The Hall–Kier alpha value is 0.999. The van der Waals surface area contributed by atoms with E-state index < -0.39 is 0 Å². The van der Waals surface area contributed by atoms with Crippen molar-refractivity contribution in [1.29, 1.82) is 0 Å². The fourth-order valence-electron chi connectivity index (χ4n) is 0. The van der Waals surface area contributed by atoms with E-state index in [2.05, 4.69) is 32.2 Å². The van der Waals surface area contributed by atoms with Gasteiger partial charge in [-0.15, -0.1) is 0 Å². The molecule has 0 aromatic rings. The van der Waals surface area contributed by atoms with E-state index >= 15 is 0 Å². The minimum absolute atomic E-state index is 0.646. The van der Waals surface area contributed by atoms with Gasteiger partial charge in [-0.1, -0.05) is 0 Å². The molecule has 0 rings (SSSR count). The summed E-state index contributed by atoms with van der Waals surface area (Å²) in [6, 6.07) is 0. The third-order valence-corrected chi connectivity index (χ3v) is 4.41. The van der Waals surface area contributed by atoms with Gasteiger partial charge in [-0.05, 0) is 0 Å². The van der Waals surface area contributed by atoms with E-state index in [9.17, 15) is 0 Å². The first-order valence-corrected chi connectivity index (χ1v) is 6.77. The minimum atomic E-state index is 0.646. The van der Waals surface area contributed by atoms with E-state index in [4.69, 9.17) is 0 Å². The number of hydrogen-bond acceptors (Lipinski definition) is 1. The van der Waals surface area contributed by atoms with Gasteiger partial charge >= 0.3 is 45.5 Å². The van der Waals surface area contributed by atoms with Crippen molar-refractivity contribution in [2.75, 3.05) is 14.1 Å². The van der Waals surface area contributed by atoms with E-state index in [0.717, 1.165) is 0 Å². The summed E-state index contributed by atoms with van der Waals surface area (Å²) in [5, 5.41) is 0. The molecule has 0 N–H and O–H groups in total. The van der Waals surface area contributed by atoms with Crippen LogP contribution >= 0.6 is 0 Å². The molecule has 0 amide bonds. The van der Waals surface area contributed by atoms with Crippen LogP contribution in [0.2, 0.25) is 0 Å². The van der Waals surface area contributed by atoms with Crippen LogP contribution in [0.15, 0.2) is 0 Å². The fourth-order valence-corrected chi connectivity index (χ4v) is 0. The third kappa shape index (κ3) is 5.00. The monoisotopic (exact) mass is 205 g/mol. The molecular weight excluding hydrogens is 196 g/mol. The van der Waals surface area contributed by atoms with Crippen LogP contribution in [0.3, 0.4) is 0 Å². The Balaban J connectivity index is 2.54. The van der Waals surface area contributed by atoms with Crippen molar-refractivity contribution in [3.05, 3.63) is 0 Å². The summed E-state index contributed by atoms with van der Waals surface area (Å²) in [4.78, 5) is 0. The van der Waals surface area contributed by atoms with Crippen LogP contribution in [0.5, 0.6) is 0 Å². The van der Waals surface area contributed by atoms with Crippen LogP contribution in [0.1, 0.15) is 0 Å². The summed E-state index contributed by atoms with van der Waals surface area (Å²) in [7, 11) is 4.14. The second-order valence-electron chi connectivity index (χ2n) is 0.894. The number of rotatable bonds is 1. The second-order valence-corrected chi connectivity index (χ2v) is 4.55. The standard InChI is InChI=1S/C2H7NSe2/c1-3(2)5-4/h4H,1-2H3. The Morgan fingerprint density at radius 3 is 1.80 bits per heavy atom. The van der Waals surface area contributed by atoms with Gasteiger partial charge in [0, 0.05) is 0 Å². The summed E-state index contributed by atoms with van der Waals surface area (Å²) in [6.07, 6.45) is 0. The molecule has 0 aliphatic heterocycles. The maximum absolute atomic E-state index is 2.56. The van der Waals surface area contributed by atoms with E-state index in [1.165, 1.54) is 0 Å². The van der Waals surface area contributed by atoms with E-state index in [1.807, 2.05) is 0 Å². The predicted molar refractivity (Wildman–Crippen MR) is 26.6 cm³/mol. The van der Waals surface area contributed by atoms with Crippen molar-refractivity contribution in [1.82, 2.24) is 3.92 Å². The molecule has 0 atom stereocenters. The van der Waals surface area contributed by atoms with Crippen molar-refractivity contribution in [2.45, 2.75) is 0 Å². The SMILES string of the molecule is CN(C)[Se][SeH]. The molecule has 0 aromatic carbocycles. The third-order valence-electron chi connectivity index (χ3n) is 0.163. The van der Waals surface area contributed by atoms with Gasteiger partial charge in [0.15, 0.2) is 0 Å². The van der Waals surface area contributed by atoms with Gasteiger partial charge in [-0.2, -0.15) is 0 Å². The van der Waals surface area contributed by atoms with Crippen molar-refractivity contribution < 1.29 is 0 Å². The molecule has 0 aliphatic rings. The summed E-state index contributed by atoms with van der Waals surface area (Å²) in [5.41, 5.74) is 0. The van der Waals surface area contributed by atoms with E-state index in [1.54, 1.807) is 0 Å². The Kier molecular flexibility index (Phi) is 3.84. The number of hydrogen-bond donors (Lipinski definition) is 0. The van der Waals surface area contributed by atoms with E-state index in [0.29, 0.717) is 13.3 Å². The van der Waals surface area contributed by atoms with Crippen LogP contribution in [-0.2, 0) is 0 Å². The first kappa shape index (κ1) is 6.00. The quantitative estimate of drug-likeness (QED) is 0.493. The number of nitrogens with zero attached hydrogens (tertiary/aromatic N) is 1. The Labute approximate surface area is 45.8 Å². The van der Waals surface area contributed by atoms with Crippen LogP contribution in [-0.4, -0.2) is 45.5 Å². The van der Waals surface area contributed by atoms with Gasteiger partial charge in [-0.3, -0.25) is 0 Å². The van der Waals surface area contributed by atoms with Gasteiger partial charge in [0.2, 0.25) is 0 Å². The maximum atomic E-state index is 2.56. The summed E-state index contributed by atoms with van der Waals surface area (Å²) in [5.74, 6) is 0. The molecule has 0 saturated carbocycles. The molecule has 0 unspecified atom stereocenters. The van der Waals surface area contributed by atoms with Crippen molar-refractivity contribution >= 4 is 27.5 Å². The molecule has 0 saturated heterocycles. The second kappa shape index (κ2) is 3.20. The molecule has 0 aromatic heterocycles. The molecular formula is C2H7NSe2. The Morgan fingerprint density at radius 2 is 1.80 bits per heavy atom.